The Morgan fingerprint density at radius 1 is 1.20 bits per heavy atom. The molecule has 0 bridgehead atoms. The van der Waals surface area contributed by atoms with Crippen molar-refractivity contribution in [2.75, 3.05) is 6.54 Å². The van der Waals surface area contributed by atoms with E-state index in [1.807, 2.05) is 5.32 Å². The maximum atomic E-state index is 12.1. The van der Waals surface area contributed by atoms with Gasteiger partial charge >= 0.3 is 12.1 Å². The van der Waals surface area contributed by atoms with Gasteiger partial charge in [-0.1, -0.05) is 12.8 Å². The number of aliphatic hydroxyl groups is 1. The first-order valence-corrected chi connectivity index (χ1v) is 6.38. The highest BCUT2D eigenvalue weighted by Crippen LogP contribution is 2.44. The molecule has 3 N–H and O–H groups in total. The maximum Gasteiger partial charge on any atom is 0.416 e. The van der Waals surface area contributed by atoms with Gasteiger partial charge in [0.15, 0.2) is 6.10 Å². The van der Waals surface area contributed by atoms with E-state index in [4.69, 9.17) is 10.2 Å². The van der Waals surface area contributed by atoms with E-state index < -0.39 is 36.1 Å². The normalized spacial score (nSPS) is 19.6. The molecule has 0 aromatic carbocycles. The highest BCUT2D eigenvalue weighted by molar-refractivity contribution is 5.78. The van der Waals surface area contributed by atoms with Crippen LogP contribution in [0.1, 0.15) is 38.5 Å². The van der Waals surface area contributed by atoms with Crippen LogP contribution in [0.4, 0.5) is 13.2 Å². The zero-order valence-corrected chi connectivity index (χ0v) is 10.9. The molecule has 1 unspecified atom stereocenters. The molecule has 0 saturated heterocycles. The topological polar surface area (TPSA) is 86.6 Å². The van der Waals surface area contributed by atoms with E-state index in [9.17, 15) is 22.8 Å². The number of hydrogen-bond acceptors (Lipinski definition) is 3. The van der Waals surface area contributed by atoms with Gasteiger partial charge in [0, 0.05) is 6.42 Å². The zero-order chi connectivity index (χ0) is 15.4. The van der Waals surface area contributed by atoms with Gasteiger partial charge in [-0.15, -0.1) is 0 Å². The van der Waals surface area contributed by atoms with Crippen LogP contribution in [0.15, 0.2) is 0 Å². The number of hydrogen-bond donors (Lipinski definition) is 3. The molecule has 116 valence electrons. The van der Waals surface area contributed by atoms with Crippen molar-refractivity contribution in [3.63, 3.8) is 0 Å². The minimum Gasteiger partial charge on any atom is -0.481 e. The van der Waals surface area contributed by atoms with E-state index in [0.29, 0.717) is 12.8 Å². The summed E-state index contributed by atoms with van der Waals surface area (Å²) < 4.78 is 36.2. The predicted octanol–water partition coefficient (Wildman–Crippen LogP) is 1.45. The number of rotatable bonds is 6. The molecule has 0 aromatic rings. The van der Waals surface area contributed by atoms with Crippen LogP contribution >= 0.6 is 0 Å². The van der Waals surface area contributed by atoms with Crippen molar-refractivity contribution < 1.29 is 33.0 Å². The van der Waals surface area contributed by atoms with Gasteiger partial charge in [-0.25, -0.2) is 0 Å². The highest BCUT2D eigenvalue weighted by Gasteiger charge is 2.40. The molecule has 0 spiro atoms. The molecule has 1 aliphatic carbocycles. The van der Waals surface area contributed by atoms with Gasteiger partial charge in [0.05, 0.1) is 13.0 Å². The summed E-state index contributed by atoms with van der Waals surface area (Å²) in [6.45, 7) is -0.911. The zero-order valence-electron chi connectivity index (χ0n) is 10.9. The van der Waals surface area contributed by atoms with Crippen LogP contribution in [0.3, 0.4) is 0 Å². The summed E-state index contributed by atoms with van der Waals surface area (Å²) in [5, 5.41) is 19.6. The van der Waals surface area contributed by atoms with Crippen LogP contribution < -0.4 is 5.32 Å². The van der Waals surface area contributed by atoms with Crippen molar-refractivity contribution in [1.82, 2.24) is 5.32 Å². The second-order valence-electron chi connectivity index (χ2n) is 5.32. The van der Waals surface area contributed by atoms with Crippen molar-refractivity contribution in [2.45, 2.75) is 50.8 Å². The smallest absolute Gasteiger partial charge is 0.416 e. The van der Waals surface area contributed by atoms with Crippen LogP contribution in [-0.4, -0.2) is 40.9 Å². The Morgan fingerprint density at radius 3 is 2.20 bits per heavy atom. The third-order valence-electron chi connectivity index (χ3n) is 3.60. The van der Waals surface area contributed by atoms with Gasteiger partial charge in [-0.05, 0) is 18.3 Å². The molecule has 1 saturated carbocycles. The summed E-state index contributed by atoms with van der Waals surface area (Å²) in [7, 11) is 0. The van der Waals surface area contributed by atoms with Gasteiger partial charge in [-0.2, -0.15) is 13.2 Å². The van der Waals surface area contributed by atoms with Gasteiger partial charge < -0.3 is 15.5 Å². The molecule has 0 aromatic heterocycles. The van der Waals surface area contributed by atoms with Gasteiger partial charge in [0.1, 0.15) is 0 Å². The molecule has 20 heavy (non-hydrogen) atoms. The lowest BCUT2D eigenvalue weighted by Gasteiger charge is -2.26. The Balaban J connectivity index is 2.49. The van der Waals surface area contributed by atoms with Crippen LogP contribution in [0.25, 0.3) is 0 Å². The molecule has 1 rings (SSSR count). The first kappa shape index (κ1) is 16.7. The summed E-state index contributed by atoms with van der Waals surface area (Å²) >= 11 is 0. The number of carbonyl (C=O) groups is 2. The number of alkyl halides is 3. The standard InChI is InChI=1S/C12H18F3NO4/c13-12(14,15)8(17)7-16-9(18)5-11(6-10(19)20)3-1-2-4-11/h8,17H,1-7H2,(H,16,18)(H,19,20). The molecule has 5 nitrogen and oxygen atoms in total. The quantitative estimate of drug-likeness (QED) is 0.692. The average Bonchev–Trinajstić information content (AvgIpc) is 2.71. The van der Waals surface area contributed by atoms with E-state index in [1.54, 1.807) is 0 Å². The summed E-state index contributed by atoms with van der Waals surface area (Å²) in [6.07, 6.45) is -4.89. The second kappa shape index (κ2) is 6.43. The first-order chi connectivity index (χ1) is 9.15. The van der Waals surface area contributed by atoms with Gasteiger partial charge in [-0.3, -0.25) is 9.59 Å². The van der Waals surface area contributed by atoms with Crippen molar-refractivity contribution in [3.05, 3.63) is 0 Å². The highest BCUT2D eigenvalue weighted by atomic mass is 19.4. The number of aliphatic carboxylic acids is 1. The van der Waals surface area contributed by atoms with Crippen molar-refractivity contribution in [3.8, 4) is 0 Å². The molecule has 1 aliphatic rings. The van der Waals surface area contributed by atoms with Crippen LogP contribution in [-0.2, 0) is 9.59 Å². The molecule has 1 atom stereocenters. The number of aliphatic hydroxyl groups excluding tert-OH is 1. The number of nitrogens with one attached hydrogen (secondary N) is 1. The summed E-state index contributed by atoms with van der Waals surface area (Å²) in [5.74, 6) is -1.67. The SMILES string of the molecule is O=C(O)CC1(CC(=O)NCC(O)C(F)(F)F)CCCC1. The average molecular weight is 297 g/mol. The van der Waals surface area contributed by atoms with E-state index >= 15 is 0 Å². The van der Waals surface area contributed by atoms with E-state index in [0.717, 1.165) is 12.8 Å². The van der Waals surface area contributed by atoms with Gasteiger partial charge in [0.2, 0.25) is 5.91 Å². The lowest BCUT2D eigenvalue weighted by Crippen LogP contribution is -2.42. The van der Waals surface area contributed by atoms with Crippen molar-refractivity contribution >= 4 is 11.9 Å². The predicted molar refractivity (Wildman–Crippen MR) is 62.8 cm³/mol. The van der Waals surface area contributed by atoms with E-state index in [-0.39, 0.29) is 12.8 Å². The molecule has 8 heteroatoms. The minimum atomic E-state index is -4.78. The molecular weight excluding hydrogens is 279 g/mol. The third kappa shape index (κ3) is 4.99. The molecule has 1 amide bonds. The number of halogens is 3. The fourth-order valence-electron chi connectivity index (χ4n) is 2.59. The monoisotopic (exact) mass is 297 g/mol. The van der Waals surface area contributed by atoms with E-state index in [2.05, 4.69) is 0 Å². The Bertz CT molecular complexity index is 364. The Labute approximate surface area is 114 Å². The lowest BCUT2D eigenvalue weighted by molar-refractivity contribution is -0.201. The minimum absolute atomic E-state index is 0.121. The number of amides is 1. The van der Waals surface area contributed by atoms with E-state index in [1.165, 1.54) is 0 Å². The lowest BCUT2D eigenvalue weighted by atomic mass is 9.79. The van der Waals surface area contributed by atoms with Crippen molar-refractivity contribution in [1.29, 1.82) is 0 Å². The Hall–Kier alpha value is -1.31. The summed E-state index contributed by atoms with van der Waals surface area (Å²) in [6, 6.07) is 0. The fraction of sp³-hybridized carbons (Fsp3) is 0.833. The fourth-order valence-corrected chi connectivity index (χ4v) is 2.59. The summed E-state index contributed by atoms with van der Waals surface area (Å²) in [5.41, 5.74) is -0.668. The van der Waals surface area contributed by atoms with Crippen molar-refractivity contribution in [2.24, 2.45) is 5.41 Å². The summed E-state index contributed by atoms with van der Waals surface area (Å²) in [4.78, 5) is 22.5. The second-order valence-corrected chi connectivity index (χ2v) is 5.32. The Morgan fingerprint density at radius 2 is 1.75 bits per heavy atom. The number of carboxylic acids is 1. The Kier molecular flexibility index (Phi) is 5.38. The third-order valence-corrected chi connectivity index (χ3v) is 3.60. The number of carbonyl (C=O) groups excluding carboxylic acids is 1. The largest absolute Gasteiger partial charge is 0.481 e. The molecule has 0 heterocycles. The molecule has 0 radical (unpaired) electrons. The molecule has 0 aliphatic heterocycles. The molecular formula is C12H18F3NO4. The van der Waals surface area contributed by atoms with Crippen LogP contribution in [0, 0.1) is 5.41 Å². The first-order valence-electron chi connectivity index (χ1n) is 6.38. The maximum absolute atomic E-state index is 12.1. The van der Waals surface area contributed by atoms with Crippen LogP contribution in [0.5, 0.6) is 0 Å². The van der Waals surface area contributed by atoms with Gasteiger partial charge in [0.25, 0.3) is 0 Å². The molecule has 1 fully saturated rings. The number of carboxylic acid groups (broad SMARTS) is 1. The van der Waals surface area contributed by atoms with Crippen LogP contribution in [0.2, 0.25) is 0 Å².